The third-order valence-electron chi connectivity index (χ3n) is 0.812. The van der Waals surface area contributed by atoms with Gasteiger partial charge in [0.2, 0.25) is 0 Å². The second kappa shape index (κ2) is 5.73. The molecular weight excluding hydrogens is 184 g/mol. The average molecular weight is 194 g/mol. The summed E-state index contributed by atoms with van der Waals surface area (Å²) in [5.74, 6) is 0. The van der Waals surface area contributed by atoms with E-state index in [4.69, 9.17) is 0 Å². The molecule has 0 fully saturated rings. The van der Waals surface area contributed by atoms with Gasteiger partial charge in [-0.3, -0.25) is 8.98 Å². The molecule has 0 saturated carbocycles. The first-order valence-corrected chi connectivity index (χ1v) is 4.96. The zero-order valence-electron chi connectivity index (χ0n) is 6.60. The van der Waals surface area contributed by atoms with Crippen LogP contribution in [0.3, 0.4) is 0 Å². The number of ether oxygens (including phenoxy) is 1. The zero-order chi connectivity index (χ0) is 9.45. The van der Waals surface area contributed by atoms with Crippen molar-refractivity contribution in [2.75, 3.05) is 12.9 Å². The number of carbonyl (C=O) groups is 1. The van der Waals surface area contributed by atoms with Crippen molar-refractivity contribution in [2.45, 2.75) is 6.42 Å². The van der Waals surface area contributed by atoms with E-state index in [0.717, 1.165) is 6.26 Å². The summed E-state index contributed by atoms with van der Waals surface area (Å²) < 4.78 is 29.4. The quantitative estimate of drug-likeness (QED) is 0.258. The number of hydrogen-bond donors (Lipinski definition) is 0. The Labute approximate surface area is 71.1 Å². The largest absolute Gasteiger partial charge is 0.437 e. The van der Waals surface area contributed by atoms with Crippen molar-refractivity contribution in [1.82, 2.24) is 0 Å². The van der Waals surface area contributed by atoms with E-state index >= 15 is 0 Å². The van der Waals surface area contributed by atoms with Gasteiger partial charge in [-0.1, -0.05) is 0 Å². The second-order valence-corrected chi connectivity index (χ2v) is 3.56. The lowest BCUT2D eigenvalue weighted by Crippen LogP contribution is -2.03. The minimum absolute atomic E-state index is 0.0531. The standard InChI is InChI=1S/C6H10O5S/c1-12(8,9)11-5-3-2-4-10-6-7/h2,4,6H,3,5H2,1H3. The molecule has 0 N–H and O–H groups in total. The molecule has 6 heteroatoms. The first-order chi connectivity index (χ1) is 5.56. The molecule has 0 amide bonds. The molecule has 12 heavy (non-hydrogen) atoms. The van der Waals surface area contributed by atoms with E-state index in [0.29, 0.717) is 6.42 Å². The van der Waals surface area contributed by atoms with E-state index in [2.05, 4.69) is 8.92 Å². The Morgan fingerprint density at radius 1 is 1.42 bits per heavy atom. The van der Waals surface area contributed by atoms with Gasteiger partial charge in [0.1, 0.15) is 0 Å². The van der Waals surface area contributed by atoms with E-state index in [1.54, 1.807) is 0 Å². The van der Waals surface area contributed by atoms with Gasteiger partial charge in [-0.05, 0) is 12.5 Å². The predicted octanol–water partition coefficient (Wildman–Crippen LogP) is 0.0394. The van der Waals surface area contributed by atoms with Gasteiger partial charge in [0.15, 0.2) is 0 Å². The smallest absolute Gasteiger partial charge is 0.297 e. The molecular formula is C6H10O5S. The molecule has 70 valence electrons. The van der Waals surface area contributed by atoms with Crippen LogP contribution in [0.15, 0.2) is 12.3 Å². The van der Waals surface area contributed by atoms with Crippen LogP contribution in [0.25, 0.3) is 0 Å². The topological polar surface area (TPSA) is 69.7 Å². The van der Waals surface area contributed by atoms with Crippen molar-refractivity contribution in [1.29, 1.82) is 0 Å². The lowest BCUT2D eigenvalue weighted by atomic mass is 10.4. The zero-order valence-corrected chi connectivity index (χ0v) is 7.41. The maximum atomic E-state index is 10.4. The van der Waals surface area contributed by atoms with Gasteiger partial charge in [0, 0.05) is 0 Å². The molecule has 0 bridgehead atoms. The third-order valence-corrected chi connectivity index (χ3v) is 1.41. The van der Waals surface area contributed by atoms with E-state index in [-0.39, 0.29) is 13.1 Å². The van der Waals surface area contributed by atoms with Crippen molar-refractivity contribution in [3.63, 3.8) is 0 Å². The van der Waals surface area contributed by atoms with Crippen LogP contribution in [0.1, 0.15) is 6.42 Å². The molecule has 5 nitrogen and oxygen atoms in total. The SMILES string of the molecule is CS(=O)(=O)OCCC=COC=O. The van der Waals surface area contributed by atoms with E-state index in [9.17, 15) is 13.2 Å². The van der Waals surface area contributed by atoms with Crippen molar-refractivity contribution < 1.29 is 22.1 Å². The minimum atomic E-state index is -3.36. The fraction of sp³-hybridized carbons (Fsp3) is 0.500. The van der Waals surface area contributed by atoms with Crippen LogP contribution in [0.5, 0.6) is 0 Å². The molecule has 0 aromatic rings. The summed E-state index contributed by atoms with van der Waals surface area (Å²) in [5, 5.41) is 0. The highest BCUT2D eigenvalue weighted by Crippen LogP contribution is 1.90. The monoisotopic (exact) mass is 194 g/mol. The number of hydrogen-bond acceptors (Lipinski definition) is 5. The highest BCUT2D eigenvalue weighted by atomic mass is 32.2. The van der Waals surface area contributed by atoms with Gasteiger partial charge in [0.05, 0.1) is 19.1 Å². The summed E-state index contributed by atoms with van der Waals surface area (Å²) in [7, 11) is -3.36. The Kier molecular flexibility index (Phi) is 5.31. The molecule has 0 aromatic carbocycles. The van der Waals surface area contributed by atoms with Crippen LogP contribution < -0.4 is 0 Å². The Morgan fingerprint density at radius 3 is 2.58 bits per heavy atom. The fourth-order valence-electron chi connectivity index (χ4n) is 0.423. The molecule has 0 aliphatic carbocycles. The molecule has 0 aromatic heterocycles. The summed E-state index contributed by atoms with van der Waals surface area (Å²) in [5.41, 5.74) is 0. The molecule has 0 unspecified atom stereocenters. The van der Waals surface area contributed by atoms with Crippen molar-refractivity contribution >= 4 is 16.6 Å². The summed E-state index contributed by atoms with van der Waals surface area (Å²) in [4.78, 5) is 9.60. The second-order valence-electron chi connectivity index (χ2n) is 1.92. The van der Waals surface area contributed by atoms with Gasteiger partial charge in [0.25, 0.3) is 16.6 Å². The molecule has 0 spiro atoms. The summed E-state index contributed by atoms with van der Waals surface area (Å²) in [6.45, 7) is 0.325. The Hall–Kier alpha value is -0.880. The van der Waals surface area contributed by atoms with Gasteiger partial charge in [-0.25, -0.2) is 0 Å². The van der Waals surface area contributed by atoms with Crippen molar-refractivity contribution in [2.24, 2.45) is 0 Å². The van der Waals surface area contributed by atoms with E-state index in [1.807, 2.05) is 0 Å². The van der Waals surface area contributed by atoms with Crippen LogP contribution >= 0.6 is 0 Å². The van der Waals surface area contributed by atoms with Crippen LogP contribution in [-0.2, 0) is 23.8 Å². The predicted molar refractivity (Wildman–Crippen MR) is 41.7 cm³/mol. The lowest BCUT2D eigenvalue weighted by Gasteiger charge is -1.95. The van der Waals surface area contributed by atoms with Gasteiger partial charge >= 0.3 is 0 Å². The van der Waals surface area contributed by atoms with Gasteiger partial charge in [-0.15, -0.1) is 0 Å². The minimum Gasteiger partial charge on any atom is -0.437 e. The third kappa shape index (κ3) is 9.12. The lowest BCUT2D eigenvalue weighted by molar-refractivity contribution is -0.123. The summed E-state index contributed by atoms with van der Waals surface area (Å²) >= 11 is 0. The highest BCUT2D eigenvalue weighted by molar-refractivity contribution is 7.85. The number of carbonyl (C=O) groups excluding carboxylic acids is 1. The maximum absolute atomic E-state index is 10.4. The van der Waals surface area contributed by atoms with Gasteiger partial charge < -0.3 is 4.74 Å². The fourth-order valence-corrected chi connectivity index (χ4v) is 0.822. The first kappa shape index (κ1) is 11.1. The van der Waals surface area contributed by atoms with Crippen LogP contribution in [0.4, 0.5) is 0 Å². The average Bonchev–Trinajstić information content (AvgIpc) is 1.94. The molecule has 0 rings (SSSR count). The Morgan fingerprint density at radius 2 is 2.08 bits per heavy atom. The molecule has 0 aliphatic heterocycles. The summed E-state index contributed by atoms with van der Waals surface area (Å²) in [6, 6.07) is 0. The van der Waals surface area contributed by atoms with Gasteiger partial charge in [-0.2, -0.15) is 8.42 Å². The normalized spacial score (nSPS) is 11.8. The van der Waals surface area contributed by atoms with Crippen LogP contribution in [0, 0.1) is 0 Å². The van der Waals surface area contributed by atoms with Crippen LogP contribution in [-0.4, -0.2) is 27.8 Å². The van der Waals surface area contributed by atoms with E-state index < -0.39 is 10.1 Å². The first-order valence-electron chi connectivity index (χ1n) is 3.15. The highest BCUT2D eigenvalue weighted by Gasteiger charge is 1.98. The van der Waals surface area contributed by atoms with E-state index in [1.165, 1.54) is 12.3 Å². The molecule has 0 radical (unpaired) electrons. The molecule has 0 atom stereocenters. The molecule has 0 aliphatic rings. The Balaban J connectivity index is 3.39. The molecule has 0 saturated heterocycles. The summed E-state index contributed by atoms with van der Waals surface area (Å²) in [6.07, 6.45) is 4.00. The van der Waals surface area contributed by atoms with Crippen molar-refractivity contribution in [3.05, 3.63) is 12.3 Å². The Bertz CT molecular complexity index is 241. The maximum Gasteiger partial charge on any atom is 0.297 e. The number of rotatable bonds is 6. The van der Waals surface area contributed by atoms with Crippen molar-refractivity contribution in [3.8, 4) is 0 Å². The molecule has 0 heterocycles. The van der Waals surface area contributed by atoms with Crippen LogP contribution in [0.2, 0.25) is 0 Å².